The molecule has 0 heterocycles. The van der Waals surface area contributed by atoms with Gasteiger partial charge >= 0.3 is 12.1 Å². The van der Waals surface area contributed by atoms with E-state index in [9.17, 15) is 9.59 Å². The van der Waals surface area contributed by atoms with Crippen LogP contribution in [-0.4, -0.2) is 12.1 Å². The number of carbonyl (C=O) groups is 2. The summed E-state index contributed by atoms with van der Waals surface area (Å²) in [6.07, 6.45) is 0. The molecule has 0 unspecified atom stereocenters. The minimum atomic E-state index is -0.499. The Kier molecular flexibility index (Phi) is 6.24. The molecule has 0 saturated carbocycles. The highest BCUT2D eigenvalue weighted by molar-refractivity contribution is 6.06. The van der Waals surface area contributed by atoms with Crippen LogP contribution >= 0.6 is 0 Å². The van der Waals surface area contributed by atoms with Gasteiger partial charge in [-0.3, -0.25) is 0 Å². The van der Waals surface area contributed by atoms with Gasteiger partial charge in [0.05, 0.1) is 34.6 Å². The van der Waals surface area contributed by atoms with Gasteiger partial charge < -0.3 is 21.3 Å². The van der Waals surface area contributed by atoms with Gasteiger partial charge in [-0.2, -0.15) is 10.5 Å². The van der Waals surface area contributed by atoms with Crippen molar-refractivity contribution in [2.45, 2.75) is 0 Å². The molecule has 30 heavy (non-hydrogen) atoms. The summed E-state index contributed by atoms with van der Waals surface area (Å²) in [5, 5.41) is 28.3. The SMILES string of the molecule is N#Cc1ccc(NC(=O)Nc2ccccc2NC(=O)Nc2ccc(C#N)cc2)cc1. The van der Waals surface area contributed by atoms with Gasteiger partial charge in [-0.15, -0.1) is 0 Å². The second-order valence-corrected chi connectivity index (χ2v) is 6.08. The minimum absolute atomic E-state index is 0.402. The lowest BCUT2D eigenvalue weighted by Crippen LogP contribution is -2.23. The molecular formula is C22H16N6O2. The highest BCUT2D eigenvalue weighted by Gasteiger charge is 2.10. The Morgan fingerprint density at radius 2 is 0.933 bits per heavy atom. The molecule has 0 radical (unpaired) electrons. The number of rotatable bonds is 4. The average molecular weight is 396 g/mol. The molecule has 0 aliphatic carbocycles. The molecule has 0 aromatic heterocycles. The fraction of sp³-hybridized carbons (Fsp3) is 0. The fourth-order valence-corrected chi connectivity index (χ4v) is 2.53. The first-order valence-corrected chi connectivity index (χ1v) is 8.83. The van der Waals surface area contributed by atoms with Crippen molar-refractivity contribution in [2.24, 2.45) is 0 Å². The number of hydrogen-bond donors (Lipinski definition) is 4. The number of nitrogens with one attached hydrogen (secondary N) is 4. The molecule has 0 aliphatic rings. The number of nitrogens with zero attached hydrogens (tertiary/aromatic N) is 2. The lowest BCUT2D eigenvalue weighted by atomic mass is 10.2. The van der Waals surface area contributed by atoms with Crippen LogP contribution in [0.2, 0.25) is 0 Å². The largest absolute Gasteiger partial charge is 0.323 e. The maximum absolute atomic E-state index is 12.3. The normalized spacial score (nSPS) is 9.53. The van der Waals surface area contributed by atoms with E-state index in [0.717, 1.165) is 0 Å². The van der Waals surface area contributed by atoms with E-state index >= 15 is 0 Å². The van der Waals surface area contributed by atoms with E-state index < -0.39 is 12.1 Å². The van der Waals surface area contributed by atoms with E-state index in [1.807, 2.05) is 12.1 Å². The summed E-state index contributed by atoms with van der Waals surface area (Å²) in [4.78, 5) is 24.6. The Bertz CT molecular complexity index is 1050. The molecule has 146 valence electrons. The Morgan fingerprint density at radius 1 is 0.567 bits per heavy atom. The van der Waals surface area contributed by atoms with Crippen LogP contribution in [0.3, 0.4) is 0 Å². The van der Waals surface area contributed by atoms with Gasteiger partial charge in [0, 0.05) is 11.4 Å². The van der Waals surface area contributed by atoms with Crippen molar-refractivity contribution in [1.82, 2.24) is 0 Å². The topological polar surface area (TPSA) is 130 Å². The first-order chi connectivity index (χ1) is 14.6. The van der Waals surface area contributed by atoms with Gasteiger partial charge in [0.1, 0.15) is 0 Å². The molecule has 8 nitrogen and oxygen atoms in total. The van der Waals surface area contributed by atoms with Gasteiger partial charge in [-0.25, -0.2) is 9.59 Å². The minimum Gasteiger partial charge on any atom is -0.308 e. The van der Waals surface area contributed by atoms with Crippen LogP contribution in [0, 0.1) is 22.7 Å². The molecular weight excluding hydrogens is 380 g/mol. The second kappa shape index (κ2) is 9.40. The van der Waals surface area contributed by atoms with Crippen molar-refractivity contribution in [3.8, 4) is 12.1 Å². The van der Waals surface area contributed by atoms with E-state index in [-0.39, 0.29) is 0 Å². The standard InChI is InChI=1S/C22H16N6O2/c23-13-15-5-9-17(10-6-15)25-21(29)27-19-3-1-2-4-20(19)28-22(30)26-18-11-7-16(14-24)8-12-18/h1-12H,(H2,25,27,29)(H2,26,28,30). The second-order valence-electron chi connectivity index (χ2n) is 6.08. The molecule has 3 aromatic carbocycles. The molecule has 8 heteroatoms. The van der Waals surface area contributed by atoms with E-state index in [1.54, 1.807) is 72.8 Å². The number of carbonyl (C=O) groups excluding carboxylic acids is 2. The first-order valence-electron chi connectivity index (χ1n) is 8.83. The summed E-state index contributed by atoms with van der Waals surface area (Å²) in [7, 11) is 0. The Hall–Kier alpha value is -4.82. The molecule has 4 N–H and O–H groups in total. The molecule has 0 bridgehead atoms. The molecule has 0 aliphatic heterocycles. The molecule has 3 aromatic rings. The number of benzene rings is 3. The van der Waals surface area contributed by atoms with Crippen LogP contribution in [0.1, 0.15) is 11.1 Å². The van der Waals surface area contributed by atoms with Crippen LogP contribution < -0.4 is 21.3 Å². The molecule has 3 rings (SSSR count). The predicted molar refractivity (Wildman–Crippen MR) is 114 cm³/mol. The van der Waals surface area contributed by atoms with Crippen molar-refractivity contribution in [3.05, 3.63) is 83.9 Å². The average Bonchev–Trinajstić information content (AvgIpc) is 2.76. The zero-order chi connectivity index (χ0) is 21.3. The maximum atomic E-state index is 12.3. The van der Waals surface area contributed by atoms with Crippen molar-refractivity contribution < 1.29 is 9.59 Å². The maximum Gasteiger partial charge on any atom is 0.323 e. The number of nitriles is 2. The van der Waals surface area contributed by atoms with Gasteiger partial charge in [0.15, 0.2) is 0 Å². The van der Waals surface area contributed by atoms with E-state index in [4.69, 9.17) is 10.5 Å². The lowest BCUT2D eigenvalue weighted by molar-refractivity contribution is 0.261. The van der Waals surface area contributed by atoms with Crippen LogP contribution in [0.15, 0.2) is 72.8 Å². The lowest BCUT2D eigenvalue weighted by Gasteiger charge is -2.13. The summed E-state index contributed by atoms with van der Waals surface area (Å²) in [6.45, 7) is 0. The molecule has 0 saturated heterocycles. The summed E-state index contributed by atoms with van der Waals surface area (Å²) in [6, 6.07) is 22.6. The monoisotopic (exact) mass is 396 g/mol. The number of hydrogen-bond acceptors (Lipinski definition) is 4. The quantitative estimate of drug-likeness (QED) is 0.508. The third-order valence-corrected chi connectivity index (χ3v) is 3.97. The number of urea groups is 2. The highest BCUT2D eigenvalue weighted by atomic mass is 16.2. The van der Waals surface area contributed by atoms with Crippen molar-refractivity contribution in [1.29, 1.82) is 10.5 Å². The predicted octanol–water partition coefficient (Wildman–Crippen LogP) is 4.72. The van der Waals surface area contributed by atoms with Crippen molar-refractivity contribution in [3.63, 3.8) is 0 Å². The van der Waals surface area contributed by atoms with Crippen molar-refractivity contribution >= 4 is 34.8 Å². The molecule has 4 amide bonds. The Balaban J connectivity index is 1.63. The summed E-state index contributed by atoms with van der Waals surface area (Å²) >= 11 is 0. The number of anilines is 4. The number of amides is 4. The molecule has 0 spiro atoms. The summed E-state index contributed by atoms with van der Waals surface area (Å²) in [5.41, 5.74) is 2.83. The van der Waals surface area contributed by atoms with Crippen LogP contribution in [0.25, 0.3) is 0 Å². The van der Waals surface area contributed by atoms with E-state index in [1.165, 1.54) is 0 Å². The van der Waals surface area contributed by atoms with Gasteiger partial charge in [-0.05, 0) is 60.7 Å². The number of para-hydroxylation sites is 2. The van der Waals surface area contributed by atoms with Crippen LogP contribution in [0.4, 0.5) is 32.3 Å². The highest BCUT2D eigenvalue weighted by Crippen LogP contribution is 2.22. The van der Waals surface area contributed by atoms with Gasteiger partial charge in [-0.1, -0.05) is 12.1 Å². The van der Waals surface area contributed by atoms with E-state index in [2.05, 4.69) is 21.3 Å². The summed E-state index contributed by atoms with van der Waals surface area (Å²) < 4.78 is 0. The summed E-state index contributed by atoms with van der Waals surface area (Å²) in [5.74, 6) is 0. The third-order valence-electron chi connectivity index (χ3n) is 3.97. The first kappa shape index (κ1) is 19.9. The third kappa shape index (κ3) is 5.35. The Labute approximate surface area is 172 Å². The zero-order valence-electron chi connectivity index (χ0n) is 15.6. The smallest absolute Gasteiger partial charge is 0.308 e. The van der Waals surface area contributed by atoms with E-state index in [0.29, 0.717) is 33.9 Å². The van der Waals surface area contributed by atoms with Crippen LogP contribution in [0.5, 0.6) is 0 Å². The van der Waals surface area contributed by atoms with Gasteiger partial charge in [0.2, 0.25) is 0 Å². The zero-order valence-corrected chi connectivity index (χ0v) is 15.6. The van der Waals surface area contributed by atoms with Gasteiger partial charge in [0.25, 0.3) is 0 Å². The molecule has 0 atom stereocenters. The van der Waals surface area contributed by atoms with Crippen molar-refractivity contribution in [2.75, 3.05) is 21.3 Å². The van der Waals surface area contributed by atoms with Crippen LogP contribution in [-0.2, 0) is 0 Å². The molecule has 0 fully saturated rings. The Morgan fingerprint density at radius 3 is 1.27 bits per heavy atom. The fourth-order valence-electron chi connectivity index (χ4n) is 2.53.